The fourth-order valence-corrected chi connectivity index (χ4v) is 2.64. The first-order valence-corrected chi connectivity index (χ1v) is 8.53. The van der Waals surface area contributed by atoms with Crippen molar-refractivity contribution in [3.8, 4) is 5.75 Å². The molecule has 1 amide bonds. The lowest BCUT2D eigenvalue weighted by Gasteiger charge is -2.15. The van der Waals surface area contributed by atoms with Gasteiger partial charge in [0.25, 0.3) is 5.91 Å². The number of carbonyl (C=O) groups is 2. The molecule has 0 radical (unpaired) electrons. The quantitative estimate of drug-likeness (QED) is 0.703. The fourth-order valence-electron chi connectivity index (χ4n) is 2.64. The second kappa shape index (κ2) is 9.58. The van der Waals surface area contributed by atoms with E-state index in [4.69, 9.17) is 9.47 Å². The van der Waals surface area contributed by atoms with E-state index in [-0.39, 0.29) is 19.1 Å². The summed E-state index contributed by atoms with van der Waals surface area (Å²) in [4.78, 5) is 25.4. The zero-order chi connectivity index (χ0) is 18.9. The van der Waals surface area contributed by atoms with Crippen molar-refractivity contribution in [2.45, 2.75) is 13.5 Å². The van der Waals surface area contributed by atoms with E-state index in [1.807, 2.05) is 31.3 Å². The largest absolute Gasteiger partial charge is 0.497 e. The summed E-state index contributed by atoms with van der Waals surface area (Å²) in [6, 6.07) is 14.6. The molecule has 0 spiro atoms. The summed E-state index contributed by atoms with van der Waals surface area (Å²) in [6.07, 6.45) is 0. The summed E-state index contributed by atoms with van der Waals surface area (Å²) in [7, 11) is 3.57. The van der Waals surface area contributed by atoms with Crippen LogP contribution in [0.3, 0.4) is 0 Å². The van der Waals surface area contributed by atoms with E-state index in [1.165, 1.54) is 0 Å². The number of hydrogen-bond acceptors (Lipinski definition) is 4. The molecule has 26 heavy (non-hydrogen) atoms. The number of esters is 1. The number of anilines is 1. The highest BCUT2D eigenvalue weighted by Gasteiger charge is 2.16. The molecule has 2 N–H and O–H groups in total. The van der Waals surface area contributed by atoms with Gasteiger partial charge >= 0.3 is 5.97 Å². The van der Waals surface area contributed by atoms with Crippen LogP contribution in [0.1, 0.15) is 22.8 Å². The Kier molecular flexibility index (Phi) is 7.17. The van der Waals surface area contributed by atoms with Gasteiger partial charge in [0.2, 0.25) is 0 Å². The van der Waals surface area contributed by atoms with Gasteiger partial charge in [-0.1, -0.05) is 24.3 Å². The molecule has 1 unspecified atom stereocenters. The van der Waals surface area contributed by atoms with Crippen LogP contribution < -0.4 is 15.0 Å². The summed E-state index contributed by atoms with van der Waals surface area (Å²) in [6.45, 7) is 2.99. The molecule has 0 aliphatic carbocycles. The Morgan fingerprint density at radius 3 is 2.62 bits per heavy atom. The van der Waals surface area contributed by atoms with Crippen LogP contribution in [-0.4, -0.2) is 39.2 Å². The van der Waals surface area contributed by atoms with Gasteiger partial charge in [0.05, 0.1) is 32.0 Å². The van der Waals surface area contributed by atoms with Crippen molar-refractivity contribution >= 4 is 17.6 Å². The SMILES string of the molecule is CCOC(=O)c1ccccc1NC(=O)C[NH+](C)Cc1cccc(OC)c1. The number of quaternary nitrogens is 1. The second-order valence-electron chi connectivity index (χ2n) is 5.98. The molecular weight excluding hydrogens is 332 g/mol. The topological polar surface area (TPSA) is 69.1 Å². The number of carbonyl (C=O) groups excluding carboxylic acids is 2. The van der Waals surface area contributed by atoms with E-state index in [2.05, 4.69) is 5.32 Å². The number of nitrogens with one attached hydrogen (secondary N) is 2. The zero-order valence-electron chi connectivity index (χ0n) is 15.4. The summed E-state index contributed by atoms with van der Waals surface area (Å²) in [5.41, 5.74) is 1.90. The van der Waals surface area contributed by atoms with E-state index in [9.17, 15) is 9.59 Å². The molecule has 0 heterocycles. The number of methoxy groups -OCH3 is 1. The van der Waals surface area contributed by atoms with E-state index in [0.717, 1.165) is 16.2 Å². The number of amides is 1. The number of likely N-dealkylation sites (N-methyl/N-ethyl adjacent to an activating group) is 1. The van der Waals surface area contributed by atoms with Crippen molar-refractivity contribution in [3.63, 3.8) is 0 Å². The highest BCUT2D eigenvalue weighted by Crippen LogP contribution is 2.16. The maximum absolute atomic E-state index is 12.4. The third kappa shape index (κ3) is 5.60. The molecule has 6 nitrogen and oxygen atoms in total. The number of benzene rings is 2. The fraction of sp³-hybridized carbons (Fsp3) is 0.300. The van der Waals surface area contributed by atoms with Gasteiger partial charge in [0, 0.05) is 5.56 Å². The standard InChI is InChI=1S/C20H24N2O4/c1-4-26-20(24)17-10-5-6-11-18(17)21-19(23)14-22(2)13-15-8-7-9-16(12-15)25-3/h5-12H,4,13-14H2,1-3H3,(H,21,23)/p+1. The van der Waals surface area contributed by atoms with E-state index < -0.39 is 5.97 Å². The molecule has 0 aromatic heterocycles. The average Bonchev–Trinajstić information content (AvgIpc) is 2.62. The van der Waals surface area contributed by atoms with Crippen molar-refractivity contribution in [1.82, 2.24) is 0 Å². The van der Waals surface area contributed by atoms with Gasteiger partial charge in [-0.15, -0.1) is 0 Å². The maximum atomic E-state index is 12.4. The highest BCUT2D eigenvalue weighted by molar-refractivity contribution is 6.01. The molecule has 2 rings (SSSR count). The van der Waals surface area contributed by atoms with Crippen molar-refractivity contribution in [2.75, 3.05) is 32.6 Å². The third-order valence-electron chi connectivity index (χ3n) is 3.80. The molecule has 0 saturated heterocycles. The Bertz CT molecular complexity index is 761. The van der Waals surface area contributed by atoms with Crippen LogP contribution in [0.5, 0.6) is 5.75 Å². The summed E-state index contributed by atoms with van der Waals surface area (Å²) in [5, 5.41) is 2.80. The molecule has 138 valence electrons. The molecule has 2 aromatic rings. The van der Waals surface area contributed by atoms with Crippen LogP contribution in [0, 0.1) is 0 Å². The maximum Gasteiger partial charge on any atom is 0.340 e. The van der Waals surface area contributed by atoms with Gasteiger partial charge in [-0.25, -0.2) is 4.79 Å². The van der Waals surface area contributed by atoms with Crippen LogP contribution in [-0.2, 0) is 16.1 Å². The van der Waals surface area contributed by atoms with Gasteiger partial charge in [0.15, 0.2) is 6.54 Å². The molecule has 0 saturated carbocycles. The molecule has 0 fully saturated rings. The third-order valence-corrected chi connectivity index (χ3v) is 3.80. The predicted octanol–water partition coefficient (Wildman–Crippen LogP) is 1.53. The van der Waals surface area contributed by atoms with Gasteiger partial charge in [-0.3, -0.25) is 4.79 Å². The van der Waals surface area contributed by atoms with Crippen LogP contribution in [0.2, 0.25) is 0 Å². The monoisotopic (exact) mass is 357 g/mol. The molecule has 1 atom stereocenters. The van der Waals surface area contributed by atoms with E-state index in [1.54, 1.807) is 38.3 Å². The van der Waals surface area contributed by atoms with E-state index in [0.29, 0.717) is 17.8 Å². The lowest BCUT2D eigenvalue weighted by atomic mass is 10.1. The molecule has 0 bridgehead atoms. The van der Waals surface area contributed by atoms with Gasteiger partial charge < -0.3 is 19.7 Å². The molecule has 2 aromatic carbocycles. The Balaban J connectivity index is 1.97. The van der Waals surface area contributed by atoms with Crippen LogP contribution in [0.4, 0.5) is 5.69 Å². The summed E-state index contributed by atoms with van der Waals surface area (Å²) >= 11 is 0. The number of hydrogen-bond donors (Lipinski definition) is 2. The zero-order valence-corrected chi connectivity index (χ0v) is 15.4. The van der Waals surface area contributed by atoms with Crippen LogP contribution in [0.25, 0.3) is 0 Å². The van der Waals surface area contributed by atoms with E-state index >= 15 is 0 Å². The molecule has 0 aliphatic heterocycles. The highest BCUT2D eigenvalue weighted by atomic mass is 16.5. The first-order valence-electron chi connectivity index (χ1n) is 8.53. The Morgan fingerprint density at radius 1 is 1.12 bits per heavy atom. The van der Waals surface area contributed by atoms with Crippen LogP contribution in [0.15, 0.2) is 48.5 Å². The minimum absolute atomic E-state index is 0.165. The smallest absolute Gasteiger partial charge is 0.340 e. The Labute approximate surface area is 153 Å². The number of rotatable bonds is 8. The number of para-hydroxylation sites is 1. The summed E-state index contributed by atoms with van der Waals surface area (Å²) in [5.74, 6) is 0.186. The molecule has 6 heteroatoms. The van der Waals surface area contributed by atoms with Crippen LogP contribution >= 0.6 is 0 Å². The van der Waals surface area contributed by atoms with Crippen molar-refractivity contribution in [2.24, 2.45) is 0 Å². The lowest BCUT2D eigenvalue weighted by molar-refractivity contribution is -0.885. The molecule has 0 aliphatic rings. The Morgan fingerprint density at radius 2 is 1.88 bits per heavy atom. The predicted molar refractivity (Wildman–Crippen MR) is 99.5 cm³/mol. The van der Waals surface area contributed by atoms with Gasteiger partial charge in [-0.2, -0.15) is 0 Å². The van der Waals surface area contributed by atoms with Crippen molar-refractivity contribution < 1.29 is 24.0 Å². The second-order valence-corrected chi connectivity index (χ2v) is 5.98. The minimum Gasteiger partial charge on any atom is -0.497 e. The molecular formula is C20H25N2O4+. The average molecular weight is 357 g/mol. The van der Waals surface area contributed by atoms with Gasteiger partial charge in [-0.05, 0) is 31.2 Å². The number of ether oxygens (including phenoxy) is 2. The Hall–Kier alpha value is -2.86. The minimum atomic E-state index is -0.444. The normalized spacial score (nSPS) is 11.5. The van der Waals surface area contributed by atoms with Crippen molar-refractivity contribution in [1.29, 1.82) is 0 Å². The first-order chi connectivity index (χ1) is 12.5. The summed E-state index contributed by atoms with van der Waals surface area (Å²) < 4.78 is 10.2. The van der Waals surface area contributed by atoms with Gasteiger partial charge in [0.1, 0.15) is 12.3 Å². The first kappa shape index (κ1) is 19.5. The lowest BCUT2D eigenvalue weighted by Crippen LogP contribution is -3.08. The van der Waals surface area contributed by atoms with Crippen molar-refractivity contribution in [3.05, 3.63) is 59.7 Å².